The van der Waals surface area contributed by atoms with Crippen LogP contribution in [-0.2, 0) is 12.8 Å². The number of aromatic nitrogens is 2. The molecule has 4 heterocycles. The molecule has 0 radical (unpaired) electrons. The minimum Gasteiger partial charge on any atom is -0.313 e. The van der Waals surface area contributed by atoms with Crippen LogP contribution >= 0.6 is 0 Å². The van der Waals surface area contributed by atoms with E-state index in [9.17, 15) is 0 Å². The van der Waals surface area contributed by atoms with Crippen LogP contribution in [-0.4, -0.2) is 9.38 Å². The molecule has 0 saturated heterocycles. The lowest BCUT2D eigenvalue weighted by Crippen LogP contribution is -2.07. The number of pyridine rings is 2. The highest BCUT2D eigenvalue weighted by Gasteiger charge is 2.18. The number of hydrogen-bond donors (Lipinski definition) is 0. The SMILES string of the molecule is c1ccc2c(c1)c1cncc3c1n1c(ccc21)CC3. The van der Waals surface area contributed by atoms with Gasteiger partial charge < -0.3 is 4.40 Å². The Kier molecular flexibility index (Phi) is 1.59. The summed E-state index contributed by atoms with van der Waals surface area (Å²) >= 11 is 0. The second kappa shape index (κ2) is 3.15. The molecule has 4 aromatic rings. The predicted molar refractivity (Wildman–Crippen MR) is 77.6 cm³/mol. The summed E-state index contributed by atoms with van der Waals surface area (Å²) < 4.78 is 2.43. The number of rotatable bonds is 0. The molecular formula is C17H12N2. The summed E-state index contributed by atoms with van der Waals surface area (Å²) in [5.74, 6) is 0. The summed E-state index contributed by atoms with van der Waals surface area (Å²) in [6.07, 6.45) is 6.25. The van der Waals surface area contributed by atoms with Gasteiger partial charge in [-0.15, -0.1) is 0 Å². The molecule has 0 bridgehead atoms. The number of nitrogens with zero attached hydrogens (tertiary/aromatic N) is 2. The van der Waals surface area contributed by atoms with Gasteiger partial charge in [0.2, 0.25) is 0 Å². The number of hydrogen-bond acceptors (Lipinski definition) is 1. The quantitative estimate of drug-likeness (QED) is 0.431. The zero-order valence-corrected chi connectivity index (χ0v) is 10.4. The van der Waals surface area contributed by atoms with Gasteiger partial charge >= 0.3 is 0 Å². The lowest BCUT2D eigenvalue weighted by atomic mass is 10.00. The Morgan fingerprint density at radius 1 is 0.842 bits per heavy atom. The second-order valence-corrected chi connectivity index (χ2v) is 5.29. The van der Waals surface area contributed by atoms with E-state index in [0.717, 1.165) is 12.8 Å². The van der Waals surface area contributed by atoms with Crippen molar-refractivity contribution in [2.45, 2.75) is 12.8 Å². The molecule has 0 saturated carbocycles. The molecule has 0 fully saturated rings. The topological polar surface area (TPSA) is 17.3 Å². The van der Waals surface area contributed by atoms with Crippen LogP contribution < -0.4 is 0 Å². The molecule has 1 aliphatic rings. The molecule has 19 heavy (non-hydrogen) atoms. The molecule has 5 rings (SSSR count). The highest BCUT2D eigenvalue weighted by molar-refractivity contribution is 6.13. The summed E-state index contributed by atoms with van der Waals surface area (Å²) in [6, 6.07) is 13.2. The van der Waals surface area contributed by atoms with Crippen LogP contribution in [0.25, 0.3) is 27.2 Å². The molecule has 0 N–H and O–H groups in total. The molecule has 3 aromatic heterocycles. The fourth-order valence-corrected chi connectivity index (χ4v) is 3.49. The van der Waals surface area contributed by atoms with Crippen LogP contribution in [0.2, 0.25) is 0 Å². The molecule has 2 heteroatoms. The normalized spacial score (nSPS) is 13.9. The summed E-state index contributed by atoms with van der Waals surface area (Å²) in [5.41, 5.74) is 5.47. The summed E-state index contributed by atoms with van der Waals surface area (Å²) in [7, 11) is 0. The number of aryl methyl sites for hydroxylation is 2. The Balaban J connectivity index is 2.27. The zero-order chi connectivity index (χ0) is 12.4. The molecular weight excluding hydrogens is 232 g/mol. The van der Waals surface area contributed by atoms with E-state index >= 15 is 0 Å². The lowest BCUT2D eigenvalue weighted by Gasteiger charge is -2.18. The first kappa shape index (κ1) is 9.56. The monoisotopic (exact) mass is 244 g/mol. The van der Waals surface area contributed by atoms with Crippen LogP contribution in [0.15, 0.2) is 48.8 Å². The first-order chi connectivity index (χ1) is 9.43. The Hall–Kier alpha value is -2.35. The third kappa shape index (κ3) is 1.05. The van der Waals surface area contributed by atoms with Gasteiger partial charge in [0.05, 0.1) is 11.0 Å². The van der Waals surface area contributed by atoms with Crippen molar-refractivity contribution < 1.29 is 0 Å². The standard InChI is InChI=1S/C17H12N2/c1-2-4-14-13(3-1)15-10-18-9-11-5-6-12-7-8-16(14)19(12)17(11)15/h1-4,7-10H,5-6H2. The van der Waals surface area contributed by atoms with Crippen LogP contribution in [0.3, 0.4) is 0 Å². The van der Waals surface area contributed by atoms with Gasteiger partial charge in [0.15, 0.2) is 0 Å². The maximum absolute atomic E-state index is 4.44. The second-order valence-electron chi connectivity index (χ2n) is 5.29. The fraction of sp³-hybridized carbons (Fsp3) is 0.118. The van der Waals surface area contributed by atoms with Gasteiger partial charge in [-0.2, -0.15) is 0 Å². The molecule has 1 aromatic carbocycles. The largest absolute Gasteiger partial charge is 0.313 e. The van der Waals surface area contributed by atoms with Crippen LogP contribution in [0, 0.1) is 0 Å². The summed E-state index contributed by atoms with van der Waals surface area (Å²) in [4.78, 5) is 4.44. The Morgan fingerprint density at radius 2 is 1.74 bits per heavy atom. The van der Waals surface area contributed by atoms with Crippen molar-refractivity contribution in [1.82, 2.24) is 9.38 Å². The predicted octanol–water partition coefficient (Wildman–Crippen LogP) is 3.74. The van der Waals surface area contributed by atoms with Gasteiger partial charge in [-0.1, -0.05) is 24.3 Å². The molecule has 0 spiro atoms. The highest BCUT2D eigenvalue weighted by atomic mass is 14.9. The van der Waals surface area contributed by atoms with Gasteiger partial charge in [0.25, 0.3) is 0 Å². The van der Waals surface area contributed by atoms with E-state index in [4.69, 9.17) is 0 Å². The Morgan fingerprint density at radius 3 is 2.68 bits per heavy atom. The van der Waals surface area contributed by atoms with Crippen LogP contribution in [0.1, 0.15) is 11.3 Å². The van der Waals surface area contributed by atoms with Crippen molar-refractivity contribution in [3.8, 4) is 0 Å². The van der Waals surface area contributed by atoms with E-state index < -0.39 is 0 Å². The molecule has 0 amide bonds. The van der Waals surface area contributed by atoms with E-state index in [1.165, 1.54) is 38.4 Å². The van der Waals surface area contributed by atoms with Crippen molar-refractivity contribution in [3.63, 3.8) is 0 Å². The first-order valence-electron chi connectivity index (χ1n) is 6.71. The van der Waals surface area contributed by atoms with Gasteiger partial charge in [0.1, 0.15) is 0 Å². The van der Waals surface area contributed by atoms with Crippen molar-refractivity contribution in [1.29, 1.82) is 0 Å². The zero-order valence-electron chi connectivity index (χ0n) is 10.4. The Bertz CT molecular complexity index is 963. The van der Waals surface area contributed by atoms with E-state index in [2.05, 4.69) is 45.8 Å². The van der Waals surface area contributed by atoms with E-state index in [1.807, 2.05) is 12.4 Å². The van der Waals surface area contributed by atoms with E-state index in [-0.39, 0.29) is 0 Å². The summed E-state index contributed by atoms with van der Waals surface area (Å²) in [5, 5.41) is 3.91. The smallest absolute Gasteiger partial charge is 0.0600 e. The van der Waals surface area contributed by atoms with Crippen LogP contribution in [0.4, 0.5) is 0 Å². The molecule has 0 atom stereocenters. The molecule has 0 unspecified atom stereocenters. The number of fused-ring (bicyclic) bond motifs is 3. The Labute approximate surface area is 110 Å². The van der Waals surface area contributed by atoms with Crippen molar-refractivity contribution in [2.24, 2.45) is 0 Å². The van der Waals surface area contributed by atoms with Gasteiger partial charge in [-0.25, -0.2) is 0 Å². The van der Waals surface area contributed by atoms with Crippen LogP contribution in [0.5, 0.6) is 0 Å². The highest BCUT2D eigenvalue weighted by Crippen LogP contribution is 2.34. The lowest BCUT2D eigenvalue weighted by molar-refractivity contribution is 0.871. The number of benzene rings is 1. The van der Waals surface area contributed by atoms with E-state index in [1.54, 1.807) is 0 Å². The average molecular weight is 244 g/mol. The van der Waals surface area contributed by atoms with E-state index in [0.29, 0.717) is 0 Å². The van der Waals surface area contributed by atoms with Gasteiger partial charge in [-0.3, -0.25) is 4.98 Å². The maximum atomic E-state index is 4.44. The van der Waals surface area contributed by atoms with Gasteiger partial charge in [-0.05, 0) is 35.9 Å². The molecule has 90 valence electrons. The average Bonchev–Trinajstić information content (AvgIpc) is 2.91. The van der Waals surface area contributed by atoms with Gasteiger partial charge in [0, 0.05) is 28.9 Å². The minimum absolute atomic E-state index is 1.10. The van der Waals surface area contributed by atoms with Crippen molar-refractivity contribution in [3.05, 3.63) is 60.0 Å². The van der Waals surface area contributed by atoms with Crippen molar-refractivity contribution >= 4 is 27.2 Å². The summed E-state index contributed by atoms with van der Waals surface area (Å²) in [6.45, 7) is 0. The maximum Gasteiger partial charge on any atom is 0.0600 e. The fourth-order valence-electron chi connectivity index (χ4n) is 3.49. The third-order valence-electron chi connectivity index (χ3n) is 4.32. The molecule has 0 aliphatic carbocycles. The first-order valence-corrected chi connectivity index (χ1v) is 6.71. The molecule has 1 aliphatic heterocycles. The van der Waals surface area contributed by atoms with Crippen molar-refractivity contribution in [2.75, 3.05) is 0 Å². The minimum atomic E-state index is 1.10. The third-order valence-corrected chi connectivity index (χ3v) is 4.32. The molecule has 2 nitrogen and oxygen atoms in total.